The zero-order valence-corrected chi connectivity index (χ0v) is 33.6. The Kier molecular flexibility index (Phi) is 9.70. The lowest BCUT2D eigenvalue weighted by atomic mass is 9.87. The van der Waals surface area contributed by atoms with E-state index in [1.54, 1.807) is 0 Å². The van der Waals surface area contributed by atoms with E-state index in [4.69, 9.17) is 11.5 Å². The fourth-order valence-electron chi connectivity index (χ4n) is 5.22. The molecule has 0 saturated heterocycles. The van der Waals surface area contributed by atoms with Gasteiger partial charge in [-0.2, -0.15) is 0 Å². The first kappa shape index (κ1) is 36.8. The third kappa shape index (κ3) is 7.62. The maximum absolute atomic E-state index is 11.9. The average Bonchev–Trinajstić information content (AvgIpc) is 2.93. The standard InChI is InChI=1S/C40H50N2O2S4/c1-37(2,3)21-13-25-33(41)26(14-21)46-30-18-24(40(10,11)12)20-32(36(30)44)48-28-16-22(38(4,5)6)15-27(34(28)42)47-31-19-23(39(7,8)9)17-29(45-25)35(31)43/h13-20,43-44H,41-42H2,1-12H3. The Morgan fingerprint density at radius 3 is 0.688 bits per heavy atom. The van der Waals surface area contributed by atoms with E-state index in [-0.39, 0.29) is 33.2 Å². The minimum absolute atomic E-state index is 0.156. The molecular weight excluding hydrogens is 669 g/mol. The van der Waals surface area contributed by atoms with E-state index >= 15 is 0 Å². The largest absolute Gasteiger partial charge is 0.506 e. The van der Waals surface area contributed by atoms with Crippen LogP contribution >= 0.6 is 47.0 Å². The third-order valence-corrected chi connectivity index (χ3v) is 13.0. The molecule has 0 spiro atoms. The molecule has 256 valence electrons. The average molecular weight is 719 g/mol. The smallest absolute Gasteiger partial charge is 0.143 e. The first-order valence-electron chi connectivity index (χ1n) is 16.3. The molecule has 0 saturated carbocycles. The van der Waals surface area contributed by atoms with Crippen LogP contribution in [0.15, 0.2) is 87.7 Å². The van der Waals surface area contributed by atoms with Crippen molar-refractivity contribution in [2.75, 3.05) is 11.5 Å². The highest BCUT2D eigenvalue weighted by atomic mass is 32.2. The normalized spacial score (nSPS) is 14.2. The van der Waals surface area contributed by atoms with E-state index in [1.165, 1.54) is 47.0 Å². The van der Waals surface area contributed by atoms with Crippen LogP contribution in [0.4, 0.5) is 11.4 Å². The second-order valence-corrected chi connectivity index (χ2v) is 21.2. The number of hydrogen-bond acceptors (Lipinski definition) is 8. The predicted molar refractivity (Wildman–Crippen MR) is 209 cm³/mol. The summed E-state index contributed by atoms with van der Waals surface area (Å²) in [5.74, 6) is 0.430. The van der Waals surface area contributed by atoms with Crippen molar-refractivity contribution in [3.8, 4) is 11.5 Å². The number of aromatic hydroxyl groups is 2. The van der Waals surface area contributed by atoms with Crippen molar-refractivity contribution < 1.29 is 10.2 Å². The van der Waals surface area contributed by atoms with Crippen LogP contribution in [0.5, 0.6) is 11.5 Å². The molecule has 1 aliphatic rings. The first-order chi connectivity index (χ1) is 21.9. The van der Waals surface area contributed by atoms with Crippen molar-refractivity contribution in [2.24, 2.45) is 0 Å². The number of benzene rings is 4. The van der Waals surface area contributed by atoms with Gasteiger partial charge in [0.05, 0.1) is 31.0 Å². The van der Waals surface area contributed by atoms with Gasteiger partial charge in [-0.25, -0.2) is 0 Å². The van der Waals surface area contributed by atoms with Gasteiger partial charge in [-0.1, -0.05) is 130 Å². The fourth-order valence-corrected chi connectivity index (χ4v) is 9.62. The van der Waals surface area contributed by atoms with Gasteiger partial charge in [-0.15, -0.1) is 0 Å². The van der Waals surface area contributed by atoms with Gasteiger partial charge >= 0.3 is 0 Å². The summed E-state index contributed by atoms with van der Waals surface area (Å²) >= 11 is 5.96. The molecular formula is C40H50N2O2S4. The Morgan fingerprint density at radius 1 is 0.354 bits per heavy atom. The molecule has 6 N–H and O–H groups in total. The topological polar surface area (TPSA) is 92.5 Å². The zero-order chi connectivity index (χ0) is 35.7. The highest BCUT2D eigenvalue weighted by Gasteiger charge is 2.27. The summed E-state index contributed by atoms with van der Waals surface area (Å²) in [4.78, 5) is 6.44. The maximum Gasteiger partial charge on any atom is 0.143 e. The highest BCUT2D eigenvalue weighted by molar-refractivity contribution is 8.01. The van der Waals surface area contributed by atoms with E-state index in [9.17, 15) is 10.2 Å². The lowest BCUT2D eigenvalue weighted by Crippen LogP contribution is -2.13. The molecule has 0 radical (unpaired) electrons. The van der Waals surface area contributed by atoms with Crippen molar-refractivity contribution in [1.29, 1.82) is 0 Å². The Hall–Kier alpha value is -2.52. The Morgan fingerprint density at radius 2 is 0.521 bits per heavy atom. The van der Waals surface area contributed by atoms with Gasteiger partial charge in [-0.3, -0.25) is 0 Å². The predicted octanol–water partition coefficient (Wildman–Crippen LogP) is 12.4. The molecule has 8 heteroatoms. The zero-order valence-electron chi connectivity index (χ0n) is 30.3. The van der Waals surface area contributed by atoms with Gasteiger partial charge in [0.15, 0.2) is 0 Å². The molecule has 0 atom stereocenters. The van der Waals surface area contributed by atoms with Gasteiger partial charge in [0.1, 0.15) is 11.5 Å². The number of phenols is 2. The van der Waals surface area contributed by atoms with E-state index in [0.717, 1.165) is 61.4 Å². The molecule has 0 aliphatic carbocycles. The number of phenolic OH excluding ortho intramolecular Hbond substituents is 2. The van der Waals surface area contributed by atoms with E-state index in [2.05, 4.69) is 132 Å². The summed E-state index contributed by atoms with van der Waals surface area (Å²) in [7, 11) is 0. The van der Waals surface area contributed by atoms with Crippen LogP contribution in [0, 0.1) is 0 Å². The Bertz CT molecular complexity index is 1530. The van der Waals surface area contributed by atoms with E-state index < -0.39 is 0 Å². The second-order valence-electron chi connectivity index (χ2n) is 16.8. The van der Waals surface area contributed by atoms with Crippen molar-refractivity contribution in [1.82, 2.24) is 0 Å². The molecule has 4 nitrogen and oxygen atoms in total. The molecule has 48 heavy (non-hydrogen) atoms. The van der Waals surface area contributed by atoms with Crippen LogP contribution < -0.4 is 11.5 Å². The second kappa shape index (κ2) is 12.7. The van der Waals surface area contributed by atoms with Gasteiger partial charge in [0.25, 0.3) is 0 Å². The number of anilines is 2. The van der Waals surface area contributed by atoms with Crippen molar-refractivity contribution in [3.63, 3.8) is 0 Å². The molecule has 8 bridgehead atoms. The molecule has 4 aromatic carbocycles. The SMILES string of the molecule is CC(C)(C)c1cc2c(N)c(c1)Sc1cc(C(C)(C)C)cc(c1O)Sc1cc(C(C)(C)C)cc(c1N)Sc1cc(C(C)(C)C)cc(c1O)S2. The minimum atomic E-state index is -0.163. The number of fused-ring (bicyclic) bond motifs is 8. The molecule has 0 aromatic heterocycles. The van der Waals surface area contributed by atoms with Gasteiger partial charge in [-0.05, 0) is 92.4 Å². The van der Waals surface area contributed by atoms with Crippen molar-refractivity contribution in [2.45, 2.75) is 144 Å². The summed E-state index contributed by atoms with van der Waals surface area (Å²) in [6.07, 6.45) is 0. The molecule has 1 aliphatic heterocycles. The summed E-state index contributed by atoms with van der Waals surface area (Å²) in [5.41, 5.74) is 19.1. The molecule has 1 heterocycles. The number of rotatable bonds is 0. The summed E-state index contributed by atoms with van der Waals surface area (Å²) in [5, 5.41) is 23.9. The molecule has 4 aromatic rings. The molecule has 0 unspecified atom stereocenters. The van der Waals surface area contributed by atoms with Gasteiger partial charge in [0.2, 0.25) is 0 Å². The monoisotopic (exact) mass is 718 g/mol. The molecule has 0 fully saturated rings. The summed E-state index contributed by atoms with van der Waals surface area (Å²) < 4.78 is 0. The lowest BCUT2D eigenvalue weighted by molar-refractivity contribution is 0.446. The number of nitrogens with two attached hydrogens (primary N) is 2. The van der Waals surface area contributed by atoms with Crippen LogP contribution in [0.1, 0.15) is 105 Å². The maximum atomic E-state index is 11.9. The quantitative estimate of drug-likeness (QED) is 0.118. The number of hydrogen-bond donors (Lipinski definition) is 4. The highest BCUT2D eigenvalue weighted by Crippen LogP contribution is 2.54. The van der Waals surface area contributed by atoms with E-state index in [1.807, 2.05) is 0 Å². The van der Waals surface area contributed by atoms with Crippen molar-refractivity contribution >= 4 is 58.4 Å². The van der Waals surface area contributed by atoms with Crippen LogP contribution in [-0.4, -0.2) is 10.2 Å². The van der Waals surface area contributed by atoms with Crippen LogP contribution in [0.2, 0.25) is 0 Å². The third-order valence-electron chi connectivity index (χ3n) is 8.63. The van der Waals surface area contributed by atoms with Crippen LogP contribution in [-0.2, 0) is 21.7 Å². The van der Waals surface area contributed by atoms with Gasteiger partial charge < -0.3 is 21.7 Å². The van der Waals surface area contributed by atoms with Crippen LogP contribution in [0.3, 0.4) is 0 Å². The van der Waals surface area contributed by atoms with Crippen LogP contribution in [0.25, 0.3) is 0 Å². The minimum Gasteiger partial charge on any atom is -0.506 e. The molecule has 5 rings (SSSR count). The Balaban J connectivity index is 1.89. The molecule has 0 amide bonds. The Labute approximate surface area is 304 Å². The fraction of sp³-hybridized carbons (Fsp3) is 0.400. The lowest BCUT2D eigenvalue weighted by Gasteiger charge is -2.26. The van der Waals surface area contributed by atoms with Gasteiger partial charge in [0, 0.05) is 19.6 Å². The van der Waals surface area contributed by atoms with E-state index in [0.29, 0.717) is 11.4 Å². The summed E-state index contributed by atoms with van der Waals surface area (Å²) in [6, 6.07) is 16.9. The first-order valence-corrected chi connectivity index (χ1v) is 19.5. The van der Waals surface area contributed by atoms with Crippen molar-refractivity contribution in [3.05, 3.63) is 70.8 Å². The number of nitrogen functional groups attached to an aromatic ring is 2. The summed E-state index contributed by atoms with van der Waals surface area (Å²) in [6.45, 7) is 26.3.